The summed E-state index contributed by atoms with van der Waals surface area (Å²) in [6.07, 6.45) is 1.48. The van der Waals surface area contributed by atoms with E-state index in [4.69, 9.17) is 4.74 Å². The van der Waals surface area contributed by atoms with Crippen LogP contribution in [0, 0.1) is 5.82 Å². The quantitative estimate of drug-likeness (QED) is 0.620. The van der Waals surface area contributed by atoms with Crippen LogP contribution in [0.25, 0.3) is 0 Å². The van der Waals surface area contributed by atoms with Crippen LogP contribution < -0.4 is 4.74 Å². The van der Waals surface area contributed by atoms with Crippen LogP contribution in [0.5, 0.6) is 5.75 Å². The van der Waals surface area contributed by atoms with Gasteiger partial charge in [0, 0.05) is 12.6 Å². The summed E-state index contributed by atoms with van der Waals surface area (Å²) >= 11 is 0. The van der Waals surface area contributed by atoms with Crippen molar-refractivity contribution in [2.45, 2.75) is 11.8 Å². The second-order valence-electron chi connectivity index (χ2n) is 5.28. The number of hydrogen-bond acceptors (Lipinski definition) is 5. The molecule has 0 N–H and O–H groups in total. The predicted molar refractivity (Wildman–Crippen MR) is 93.1 cm³/mol. The van der Waals surface area contributed by atoms with Crippen LogP contribution in [0.15, 0.2) is 56.9 Å². The number of benzene rings is 2. The van der Waals surface area contributed by atoms with Crippen molar-refractivity contribution in [1.82, 2.24) is 5.01 Å². The molecule has 0 aromatic heterocycles. The van der Waals surface area contributed by atoms with Crippen molar-refractivity contribution in [1.29, 1.82) is 0 Å². The Labute approximate surface area is 145 Å². The molecule has 0 spiro atoms. The van der Waals surface area contributed by atoms with Gasteiger partial charge in [-0.25, -0.2) is 9.40 Å². The molecular weight excluding hydrogens is 345 g/mol. The van der Waals surface area contributed by atoms with E-state index in [0.717, 1.165) is 0 Å². The van der Waals surface area contributed by atoms with Crippen LogP contribution >= 0.6 is 0 Å². The lowest BCUT2D eigenvalue weighted by atomic mass is 10.2. The highest BCUT2D eigenvalue weighted by Crippen LogP contribution is 2.27. The number of sulfonamides is 1. The summed E-state index contributed by atoms with van der Waals surface area (Å²) in [6.45, 7) is 2.12. The van der Waals surface area contributed by atoms with Crippen molar-refractivity contribution in [2.24, 2.45) is 9.50 Å². The fourth-order valence-corrected chi connectivity index (χ4v) is 3.63. The predicted octanol–water partition coefficient (Wildman–Crippen LogP) is 2.64. The molecule has 0 aliphatic carbocycles. The molecule has 0 fully saturated rings. The molecule has 0 radical (unpaired) electrons. The molecule has 25 heavy (non-hydrogen) atoms. The van der Waals surface area contributed by atoms with Gasteiger partial charge in [0.1, 0.15) is 4.90 Å². The molecule has 130 valence electrons. The minimum Gasteiger partial charge on any atom is -0.491 e. The van der Waals surface area contributed by atoms with E-state index in [0.29, 0.717) is 17.7 Å². The molecule has 0 amide bonds. The van der Waals surface area contributed by atoms with Gasteiger partial charge < -0.3 is 4.74 Å². The number of halogens is 1. The zero-order chi connectivity index (χ0) is 18.0. The molecule has 1 heterocycles. The van der Waals surface area contributed by atoms with E-state index in [1.165, 1.54) is 29.4 Å². The Balaban J connectivity index is 1.87. The molecule has 0 unspecified atom stereocenters. The standard InChI is InChI=1S/C17H16FN3O3S/c1-3-24-15-10-12(8-9-14(15)18)11-19-21(2)17-13-6-4-5-7-16(13)25(22,23)20-17/h4-11H,3H2,1-2H3/b19-11+. The van der Waals surface area contributed by atoms with Gasteiger partial charge in [0.05, 0.1) is 12.8 Å². The summed E-state index contributed by atoms with van der Waals surface area (Å²) in [5.41, 5.74) is 1.11. The van der Waals surface area contributed by atoms with Crippen LogP contribution in [0.2, 0.25) is 0 Å². The maximum Gasteiger partial charge on any atom is 0.285 e. The van der Waals surface area contributed by atoms with E-state index < -0.39 is 15.8 Å². The van der Waals surface area contributed by atoms with Gasteiger partial charge in [-0.3, -0.25) is 0 Å². The summed E-state index contributed by atoms with van der Waals surface area (Å²) in [6, 6.07) is 10.9. The van der Waals surface area contributed by atoms with Gasteiger partial charge in [-0.15, -0.1) is 4.40 Å². The first kappa shape index (κ1) is 17.1. The average Bonchev–Trinajstić information content (AvgIpc) is 2.87. The smallest absolute Gasteiger partial charge is 0.285 e. The van der Waals surface area contributed by atoms with E-state index in [9.17, 15) is 12.8 Å². The van der Waals surface area contributed by atoms with Crippen molar-refractivity contribution in [2.75, 3.05) is 13.7 Å². The number of hydrogen-bond donors (Lipinski definition) is 0. The van der Waals surface area contributed by atoms with Crippen LogP contribution in [-0.4, -0.2) is 39.1 Å². The number of rotatable bonds is 4. The van der Waals surface area contributed by atoms with Gasteiger partial charge in [-0.2, -0.15) is 13.5 Å². The third-order valence-electron chi connectivity index (χ3n) is 3.55. The second kappa shape index (κ2) is 6.64. The van der Waals surface area contributed by atoms with Crippen LogP contribution in [0.3, 0.4) is 0 Å². The van der Waals surface area contributed by atoms with Gasteiger partial charge in [0.25, 0.3) is 10.0 Å². The molecule has 8 heteroatoms. The highest BCUT2D eigenvalue weighted by atomic mass is 32.2. The lowest BCUT2D eigenvalue weighted by molar-refractivity contribution is 0.321. The lowest BCUT2D eigenvalue weighted by Gasteiger charge is -2.12. The highest BCUT2D eigenvalue weighted by Gasteiger charge is 2.30. The van der Waals surface area contributed by atoms with Gasteiger partial charge in [0.15, 0.2) is 17.4 Å². The highest BCUT2D eigenvalue weighted by molar-refractivity contribution is 7.90. The zero-order valence-electron chi connectivity index (χ0n) is 13.7. The molecule has 0 atom stereocenters. The minimum atomic E-state index is -3.70. The Morgan fingerprint density at radius 2 is 2.04 bits per heavy atom. The summed E-state index contributed by atoms with van der Waals surface area (Å²) < 4.78 is 46.7. The summed E-state index contributed by atoms with van der Waals surface area (Å²) in [5, 5.41) is 5.57. The average molecular weight is 361 g/mol. The van der Waals surface area contributed by atoms with Crippen molar-refractivity contribution >= 4 is 22.1 Å². The van der Waals surface area contributed by atoms with Crippen molar-refractivity contribution in [3.05, 3.63) is 59.4 Å². The van der Waals surface area contributed by atoms with E-state index in [1.807, 2.05) is 0 Å². The third kappa shape index (κ3) is 3.39. The van der Waals surface area contributed by atoms with Crippen molar-refractivity contribution < 1.29 is 17.5 Å². The summed E-state index contributed by atoms with van der Waals surface area (Å²) in [4.78, 5) is 0.160. The molecular formula is C17H16FN3O3S. The molecule has 2 aromatic carbocycles. The summed E-state index contributed by atoms with van der Waals surface area (Å²) in [5.74, 6) is -0.0771. The molecule has 2 aromatic rings. The molecule has 0 bridgehead atoms. The Hall–Kier alpha value is -2.74. The maximum atomic E-state index is 13.6. The van der Waals surface area contributed by atoms with Crippen molar-refractivity contribution in [3.8, 4) is 5.75 Å². The zero-order valence-corrected chi connectivity index (χ0v) is 14.5. The minimum absolute atomic E-state index is 0.139. The number of hydrazone groups is 1. The molecule has 1 aliphatic rings. The first-order valence-corrected chi connectivity index (χ1v) is 9.01. The molecule has 0 saturated heterocycles. The molecule has 1 aliphatic heterocycles. The van der Waals surface area contributed by atoms with E-state index in [-0.39, 0.29) is 16.5 Å². The maximum absolute atomic E-state index is 13.6. The van der Waals surface area contributed by atoms with Crippen LogP contribution in [0.4, 0.5) is 4.39 Å². The fraction of sp³-hybridized carbons (Fsp3) is 0.176. The lowest BCUT2D eigenvalue weighted by Crippen LogP contribution is -2.21. The fourth-order valence-electron chi connectivity index (χ4n) is 2.40. The number of ether oxygens (including phenoxy) is 1. The number of nitrogens with zero attached hydrogens (tertiary/aromatic N) is 3. The Bertz CT molecular complexity index is 971. The van der Waals surface area contributed by atoms with Gasteiger partial charge in [0.2, 0.25) is 0 Å². The first-order chi connectivity index (χ1) is 11.9. The topological polar surface area (TPSA) is 71.3 Å². The summed E-state index contributed by atoms with van der Waals surface area (Å²) in [7, 11) is -2.10. The third-order valence-corrected chi connectivity index (χ3v) is 4.88. The number of amidine groups is 1. The molecule has 6 nitrogen and oxygen atoms in total. The van der Waals surface area contributed by atoms with E-state index in [2.05, 4.69) is 9.50 Å². The van der Waals surface area contributed by atoms with Crippen LogP contribution in [-0.2, 0) is 10.0 Å². The van der Waals surface area contributed by atoms with Gasteiger partial charge in [-0.1, -0.05) is 18.2 Å². The Kier molecular flexibility index (Phi) is 4.54. The van der Waals surface area contributed by atoms with E-state index >= 15 is 0 Å². The SMILES string of the molecule is CCOc1cc(/C=N/N(C)C2=NS(=O)(=O)c3ccccc32)ccc1F. The van der Waals surface area contributed by atoms with Crippen molar-refractivity contribution in [3.63, 3.8) is 0 Å². The molecule has 3 rings (SSSR count). The van der Waals surface area contributed by atoms with Gasteiger partial charge >= 0.3 is 0 Å². The molecule has 0 saturated carbocycles. The monoisotopic (exact) mass is 361 g/mol. The van der Waals surface area contributed by atoms with Crippen LogP contribution in [0.1, 0.15) is 18.1 Å². The Morgan fingerprint density at radius 3 is 2.80 bits per heavy atom. The first-order valence-electron chi connectivity index (χ1n) is 7.57. The Morgan fingerprint density at radius 1 is 1.28 bits per heavy atom. The van der Waals surface area contributed by atoms with E-state index in [1.54, 1.807) is 38.2 Å². The normalized spacial score (nSPS) is 15.1. The number of fused-ring (bicyclic) bond motifs is 1. The second-order valence-corrected chi connectivity index (χ2v) is 6.85. The largest absolute Gasteiger partial charge is 0.491 e. The van der Waals surface area contributed by atoms with Gasteiger partial charge in [-0.05, 0) is 36.8 Å².